The predicted molar refractivity (Wildman–Crippen MR) is 86.1 cm³/mol. The van der Waals surface area contributed by atoms with Crippen LogP contribution in [0.15, 0.2) is 24.3 Å². The van der Waals surface area contributed by atoms with E-state index in [-0.39, 0.29) is 5.82 Å². The summed E-state index contributed by atoms with van der Waals surface area (Å²) in [5.74, 6) is 1.31. The van der Waals surface area contributed by atoms with Gasteiger partial charge >= 0.3 is 0 Å². The molecule has 0 radical (unpaired) electrons. The number of aromatic amines is 1. The topological polar surface area (TPSA) is 59.0 Å². The van der Waals surface area contributed by atoms with E-state index in [4.69, 9.17) is 0 Å². The molecule has 1 aromatic carbocycles. The number of hydrogen-bond acceptors (Lipinski definition) is 4. The summed E-state index contributed by atoms with van der Waals surface area (Å²) >= 11 is 0. The third-order valence-corrected chi connectivity index (χ3v) is 4.62. The van der Waals surface area contributed by atoms with Crippen molar-refractivity contribution in [3.05, 3.63) is 41.3 Å². The van der Waals surface area contributed by atoms with Gasteiger partial charge in [0.15, 0.2) is 5.82 Å². The fourth-order valence-electron chi connectivity index (χ4n) is 3.14. The molecule has 0 spiro atoms. The molecule has 0 bridgehead atoms. The second-order valence-corrected chi connectivity index (χ2v) is 6.20. The first-order valence-corrected chi connectivity index (χ1v) is 7.99. The molecule has 0 atom stereocenters. The largest absolute Gasteiger partial charge is 0.367 e. The van der Waals surface area contributed by atoms with Gasteiger partial charge in [-0.05, 0) is 31.0 Å². The van der Waals surface area contributed by atoms with Crippen LogP contribution in [0, 0.1) is 17.1 Å². The molecule has 23 heavy (non-hydrogen) atoms. The van der Waals surface area contributed by atoms with Gasteiger partial charge in [0, 0.05) is 43.9 Å². The van der Waals surface area contributed by atoms with Gasteiger partial charge in [-0.1, -0.05) is 0 Å². The van der Waals surface area contributed by atoms with Gasteiger partial charge < -0.3 is 9.80 Å². The van der Waals surface area contributed by atoms with Crippen molar-refractivity contribution in [2.75, 3.05) is 36.0 Å². The van der Waals surface area contributed by atoms with Crippen LogP contribution in [0.3, 0.4) is 0 Å². The highest BCUT2D eigenvalue weighted by Crippen LogP contribution is 2.40. The average Bonchev–Trinajstić information content (AvgIpc) is 3.32. The molecule has 5 nitrogen and oxygen atoms in total. The van der Waals surface area contributed by atoms with Crippen molar-refractivity contribution in [1.29, 1.82) is 5.26 Å². The molecule has 1 aromatic heterocycles. The Bertz CT molecular complexity index is 751. The summed E-state index contributed by atoms with van der Waals surface area (Å²) < 4.78 is 13.3. The van der Waals surface area contributed by atoms with Crippen molar-refractivity contribution in [3.8, 4) is 6.07 Å². The van der Waals surface area contributed by atoms with E-state index < -0.39 is 0 Å². The van der Waals surface area contributed by atoms with Gasteiger partial charge in [0.05, 0.1) is 11.3 Å². The molecule has 0 unspecified atom stereocenters. The first-order chi connectivity index (χ1) is 11.2. The van der Waals surface area contributed by atoms with E-state index in [0.717, 1.165) is 37.7 Å². The third kappa shape index (κ3) is 2.74. The molecule has 2 aromatic rings. The van der Waals surface area contributed by atoms with Crippen molar-refractivity contribution in [3.63, 3.8) is 0 Å². The lowest BCUT2D eigenvalue weighted by Gasteiger charge is -2.36. The van der Waals surface area contributed by atoms with Gasteiger partial charge in [-0.3, -0.25) is 5.10 Å². The Kier molecular flexibility index (Phi) is 3.41. The zero-order chi connectivity index (χ0) is 15.8. The molecule has 0 amide bonds. The zero-order valence-corrected chi connectivity index (χ0v) is 12.8. The Balaban J connectivity index is 1.45. The summed E-state index contributed by atoms with van der Waals surface area (Å²) in [4.78, 5) is 4.40. The number of piperazine rings is 1. The maximum absolute atomic E-state index is 13.3. The van der Waals surface area contributed by atoms with E-state index in [1.165, 1.54) is 30.7 Å². The SMILES string of the molecule is N#Cc1cc(F)ccc1N1CCN(c2cc(C3CC3)[nH]n2)CC1. The lowest BCUT2D eigenvalue weighted by atomic mass is 10.1. The molecule has 2 heterocycles. The number of anilines is 2. The van der Waals surface area contributed by atoms with Gasteiger partial charge in [0.25, 0.3) is 0 Å². The lowest BCUT2D eigenvalue weighted by Crippen LogP contribution is -2.47. The quantitative estimate of drug-likeness (QED) is 0.946. The Morgan fingerprint density at radius 1 is 1.13 bits per heavy atom. The summed E-state index contributed by atoms with van der Waals surface area (Å²) in [5, 5.41) is 16.8. The van der Waals surface area contributed by atoms with Crippen LogP contribution in [-0.2, 0) is 0 Å². The van der Waals surface area contributed by atoms with E-state index in [0.29, 0.717) is 11.5 Å². The van der Waals surface area contributed by atoms with Crippen LogP contribution in [0.1, 0.15) is 30.0 Å². The van der Waals surface area contributed by atoms with Gasteiger partial charge in [0.2, 0.25) is 0 Å². The molecule has 2 aliphatic rings. The monoisotopic (exact) mass is 311 g/mol. The van der Waals surface area contributed by atoms with Crippen molar-refractivity contribution in [2.24, 2.45) is 0 Å². The maximum Gasteiger partial charge on any atom is 0.150 e. The molecule has 4 rings (SSSR count). The van der Waals surface area contributed by atoms with E-state index in [2.05, 4.69) is 32.1 Å². The standard InChI is InChI=1S/C17H18FN5/c18-14-3-4-16(13(9-14)11-19)22-5-7-23(8-6-22)17-10-15(20-21-17)12-1-2-12/h3-4,9-10,12H,1-2,5-8H2,(H,20,21). The molecule has 2 fully saturated rings. The number of halogens is 1. The highest BCUT2D eigenvalue weighted by Gasteiger charge is 2.27. The number of nitriles is 1. The number of nitrogens with zero attached hydrogens (tertiary/aromatic N) is 4. The highest BCUT2D eigenvalue weighted by atomic mass is 19.1. The van der Waals surface area contributed by atoms with Crippen LogP contribution in [0.2, 0.25) is 0 Å². The molecular weight excluding hydrogens is 293 g/mol. The Labute approximate surface area is 134 Å². The van der Waals surface area contributed by atoms with Crippen LogP contribution < -0.4 is 9.80 Å². The summed E-state index contributed by atoms with van der Waals surface area (Å²) in [6, 6.07) is 8.66. The predicted octanol–water partition coefficient (Wildman–Crippen LogP) is 2.62. The molecule has 1 N–H and O–H groups in total. The second kappa shape index (κ2) is 5.58. The summed E-state index contributed by atoms with van der Waals surface area (Å²) in [7, 11) is 0. The first kappa shape index (κ1) is 14.1. The molecule has 1 aliphatic heterocycles. The molecular formula is C17H18FN5. The summed E-state index contributed by atoms with van der Waals surface area (Å²) in [5.41, 5.74) is 2.45. The van der Waals surface area contributed by atoms with Gasteiger partial charge in [-0.2, -0.15) is 10.4 Å². The fraction of sp³-hybridized carbons (Fsp3) is 0.412. The van der Waals surface area contributed by atoms with Crippen LogP contribution in [-0.4, -0.2) is 36.4 Å². The molecule has 1 saturated heterocycles. The summed E-state index contributed by atoms with van der Waals surface area (Å²) in [6.07, 6.45) is 2.52. The second-order valence-electron chi connectivity index (χ2n) is 6.20. The Morgan fingerprint density at radius 2 is 1.87 bits per heavy atom. The van der Waals surface area contributed by atoms with Gasteiger partial charge in [-0.15, -0.1) is 0 Å². The van der Waals surface area contributed by atoms with Crippen LogP contribution in [0.4, 0.5) is 15.9 Å². The van der Waals surface area contributed by atoms with E-state index in [1.807, 2.05) is 0 Å². The number of H-pyrrole nitrogens is 1. The lowest BCUT2D eigenvalue weighted by molar-refractivity contribution is 0.623. The smallest absolute Gasteiger partial charge is 0.150 e. The molecule has 1 aliphatic carbocycles. The minimum atomic E-state index is -0.368. The number of hydrogen-bond donors (Lipinski definition) is 1. The normalized spacial score (nSPS) is 18.1. The average molecular weight is 311 g/mol. The zero-order valence-electron chi connectivity index (χ0n) is 12.8. The van der Waals surface area contributed by atoms with Crippen LogP contribution in [0.5, 0.6) is 0 Å². The number of nitrogens with one attached hydrogen (secondary N) is 1. The molecule has 6 heteroatoms. The van der Waals surface area contributed by atoms with Gasteiger partial charge in [0.1, 0.15) is 11.9 Å². The van der Waals surface area contributed by atoms with E-state index in [9.17, 15) is 9.65 Å². The van der Waals surface area contributed by atoms with Crippen molar-refractivity contribution < 1.29 is 4.39 Å². The number of rotatable bonds is 3. The molecule has 118 valence electrons. The number of aromatic nitrogens is 2. The fourth-order valence-corrected chi connectivity index (χ4v) is 3.14. The van der Waals surface area contributed by atoms with Crippen molar-refractivity contribution in [2.45, 2.75) is 18.8 Å². The van der Waals surface area contributed by atoms with Gasteiger partial charge in [-0.25, -0.2) is 4.39 Å². The molecule has 1 saturated carbocycles. The number of benzene rings is 1. The Morgan fingerprint density at radius 3 is 2.57 bits per heavy atom. The minimum absolute atomic E-state index is 0.368. The van der Waals surface area contributed by atoms with E-state index in [1.54, 1.807) is 6.07 Å². The van der Waals surface area contributed by atoms with Crippen molar-refractivity contribution in [1.82, 2.24) is 10.2 Å². The highest BCUT2D eigenvalue weighted by molar-refractivity contribution is 5.60. The first-order valence-electron chi connectivity index (χ1n) is 7.99. The van der Waals surface area contributed by atoms with Crippen molar-refractivity contribution >= 4 is 11.5 Å². The minimum Gasteiger partial charge on any atom is -0.367 e. The summed E-state index contributed by atoms with van der Waals surface area (Å²) in [6.45, 7) is 3.28. The third-order valence-electron chi connectivity index (χ3n) is 4.62. The Hall–Kier alpha value is -2.55. The maximum atomic E-state index is 13.3. The van der Waals surface area contributed by atoms with Crippen LogP contribution in [0.25, 0.3) is 0 Å². The van der Waals surface area contributed by atoms with E-state index >= 15 is 0 Å². The van der Waals surface area contributed by atoms with Crippen LogP contribution >= 0.6 is 0 Å².